The highest BCUT2D eigenvalue weighted by atomic mass is 19.1. The van der Waals surface area contributed by atoms with Crippen molar-refractivity contribution in [3.8, 4) is 0 Å². The first-order valence-corrected chi connectivity index (χ1v) is 7.82. The molecule has 0 saturated carbocycles. The lowest BCUT2D eigenvalue weighted by molar-refractivity contribution is 0.111. The molecule has 0 N–H and O–H groups in total. The minimum absolute atomic E-state index is 0.0570. The van der Waals surface area contributed by atoms with Crippen molar-refractivity contribution in [3.63, 3.8) is 0 Å². The van der Waals surface area contributed by atoms with Gasteiger partial charge in [0.1, 0.15) is 12.1 Å². The number of aldehydes is 2. The Hall–Kier alpha value is -2.33. The van der Waals surface area contributed by atoms with Crippen LogP contribution < -0.4 is 0 Å². The molecule has 0 radical (unpaired) electrons. The Morgan fingerprint density at radius 1 is 1.00 bits per heavy atom. The molecule has 0 atom stereocenters. The van der Waals surface area contributed by atoms with E-state index in [9.17, 15) is 14.0 Å². The van der Waals surface area contributed by atoms with Gasteiger partial charge in [0.05, 0.1) is 5.56 Å². The Morgan fingerprint density at radius 3 is 2.21 bits per heavy atom. The number of nitrogens with zero attached hydrogens (tertiary/aromatic N) is 1. The molecule has 2 aromatic carbocycles. The molecular formula is C20H22FNO2. The van der Waals surface area contributed by atoms with Crippen LogP contribution in [0.2, 0.25) is 0 Å². The maximum Gasteiger partial charge on any atom is 0.152 e. The SMILES string of the molecule is Cc1c(Cc2ccc(C=O)c(F)c2)cc(C=O)c(CN(C)C)c1C. The molecule has 0 unspecified atom stereocenters. The molecule has 2 aromatic rings. The molecule has 0 spiro atoms. The molecule has 0 amide bonds. The number of carbonyl (C=O) groups excluding carboxylic acids is 2. The second-order valence-electron chi connectivity index (χ2n) is 6.36. The van der Waals surface area contributed by atoms with Crippen molar-refractivity contribution >= 4 is 12.6 Å². The van der Waals surface area contributed by atoms with Gasteiger partial charge in [0.2, 0.25) is 0 Å². The van der Waals surface area contributed by atoms with Crippen molar-refractivity contribution in [1.82, 2.24) is 4.90 Å². The van der Waals surface area contributed by atoms with E-state index in [0.29, 0.717) is 24.8 Å². The molecule has 126 valence electrons. The fourth-order valence-corrected chi connectivity index (χ4v) is 2.88. The zero-order chi connectivity index (χ0) is 17.9. The average Bonchev–Trinajstić information content (AvgIpc) is 2.54. The quantitative estimate of drug-likeness (QED) is 0.759. The first-order chi connectivity index (χ1) is 11.4. The van der Waals surface area contributed by atoms with Crippen LogP contribution in [-0.2, 0) is 13.0 Å². The molecule has 0 aliphatic carbocycles. The van der Waals surface area contributed by atoms with Gasteiger partial charge in [0, 0.05) is 12.1 Å². The van der Waals surface area contributed by atoms with Gasteiger partial charge in [0.25, 0.3) is 0 Å². The third kappa shape index (κ3) is 3.77. The normalized spacial score (nSPS) is 10.9. The van der Waals surface area contributed by atoms with Gasteiger partial charge in [-0.25, -0.2) is 4.39 Å². The summed E-state index contributed by atoms with van der Waals surface area (Å²) in [5.74, 6) is -0.517. The topological polar surface area (TPSA) is 37.4 Å². The number of rotatable bonds is 6. The van der Waals surface area contributed by atoms with Gasteiger partial charge in [0.15, 0.2) is 6.29 Å². The van der Waals surface area contributed by atoms with Crippen molar-refractivity contribution in [2.45, 2.75) is 26.8 Å². The van der Waals surface area contributed by atoms with Crippen molar-refractivity contribution < 1.29 is 14.0 Å². The van der Waals surface area contributed by atoms with Crippen LogP contribution in [0, 0.1) is 19.7 Å². The molecule has 3 nitrogen and oxygen atoms in total. The second-order valence-corrected chi connectivity index (χ2v) is 6.36. The highest BCUT2D eigenvalue weighted by Crippen LogP contribution is 2.25. The van der Waals surface area contributed by atoms with Gasteiger partial charge >= 0.3 is 0 Å². The van der Waals surface area contributed by atoms with Crippen molar-refractivity contribution in [1.29, 1.82) is 0 Å². The van der Waals surface area contributed by atoms with E-state index in [4.69, 9.17) is 0 Å². The first kappa shape index (κ1) is 18.0. The predicted octanol–water partition coefficient (Wildman–Crippen LogP) is 3.72. The third-order valence-electron chi connectivity index (χ3n) is 4.36. The molecule has 0 fully saturated rings. The highest BCUT2D eigenvalue weighted by Gasteiger charge is 2.14. The summed E-state index contributed by atoms with van der Waals surface area (Å²) in [6.45, 7) is 4.74. The Labute approximate surface area is 142 Å². The maximum atomic E-state index is 13.8. The minimum atomic E-state index is -0.517. The number of carbonyl (C=O) groups is 2. The summed E-state index contributed by atoms with van der Waals surface area (Å²) in [5, 5.41) is 0. The molecule has 4 heteroatoms. The lowest BCUT2D eigenvalue weighted by atomic mass is 9.90. The Balaban J connectivity index is 2.44. The lowest BCUT2D eigenvalue weighted by Crippen LogP contribution is -2.15. The largest absolute Gasteiger partial charge is 0.305 e. The Morgan fingerprint density at radius 2 is 1.67 bits per heavy atom. The van der Waals surface area contributed by atoms with Gasteiger partial charge in [-0.05, 0) is 80.4 Å². The molecular weight excluding hydrogens is 305 g/mol. The van der Waals surface area contributed by atoms with Crippen LogP contribution in [0.5, 0.6) is 0 Å². The van der Waals surface area contributed by atoms with E-state index < -0.39 is 5.82 Å². The van der Waals surface area contributed by atoms with E-state index in [-0.39, 0.29) is 5.56 Å². The molecule has 24 heavy (non-hydrogen) atoms. The van der Waals surface area contributed by atoms with E-state index >= 15 is 0 Å². The van der Waals surface area contributed by atoms with E-state index in [0.717, 1.165) is 34.1 Å². The highest BCUT2D eigenvalue weighted by molar-refractivity contribution is 5.79. The van der Waals surface area contributed by atoms with Crippen molar-refractivity contribution in [3.05, 3.63) is 69.0 Å². The predicted molar refractivity (Wildman–Crippen MR) is 93.3 cm³/mol. The van der Waals surface area contributed by atoms with Gasteiger partial charge < -0.3 is 4.90 Å². The first-order valence-electron chi connectivity index (χ1n) is 7.82. The van der Waals surface area contributed by atoms with Crippen LogP contribution in [0.1, 0.15) is 48.5 Å². The second kappa shape index (κ2) is 7.49. The average molecular weight is 327 g/mol. The molecule has 2 rings (SSSR count). The molecule has 0 aromatic heterocycles. The summed E-state index contributed by atoms with van der Waals surface area (Å²) in [5.41, 5.74) is 5.73. The van der Waals surface area contributed by atoms with Gasteiger partial charge in [-0.3, -0.25) is 9.59 Å². The van der Waals surface area contributed by atoms with Gasteiger partial charge in [-0.15, -0.1) is 0 Å². The summed E-state index contributed by atoms with van der Waals surface area (Å²) in [7, 11) is 3.93. The zero-order valence-electron chi connectivity index (χ0n) is 14.5. The van der Waals surface area contributed by atoms with E-state index in [2.05, 4.69) is 0 Å². The van der Waals surface area contributed by atoms with Crippen LogP contribution in [0.4, 0.5) is 4.39 Å². The van der Waals surface area contributed by atoms with Gasteiger partial charge in [-0.2, -0.15) is 0 Å². The maximum absolute atomic E-state index is 13.8. The summed E-state index contributed by atoms with van der Waals surface area (Å²) < 4.78 is 13.8. The van der Waals surface area contributed by atoms with Crippen LogP contribution in [-0.4, -0.2) is 31.6 Å². The number of hydrogen-bond acceptors (Lipinski definition) is 3. The van der Waals surface area contributed by atoms with E-state index in [1.807, 2.05) is 38.9 Å². The van der Waals surface area contributed by atoms with Gasteiger partial charge in [-0.1, -0.05) is 6.07 Å². The fourth-order valence-electron chi connectivity index (χ4n) is 2.88. The minimum Gasteiger partial charge on any atom is -0.305 e. The molecule has 0 bridgehead atoms. The summed E-state index contributed by atoms with van der Waals surface area (Å²) >= 11 is 0. The molecule has 0 aliphatic heterocycles. The van der Waals surface area contributed by atoms with Crippen LogP contribution in [0.25, 0.3) is 0 Å². The smallest absolute Gasteiger partial charge is 0.152 e. The Bertz CT molecular complexity index is 782. The van der Waals surface area contributed by atoms with Crippen LogP contribution in [0.15, 0.2) is 24.3 Å². The zero-order valence-corrected chi connectivity index (χ0v) is 14.5. The van der Waals surface area contributed by atoms with Crippen molar-refractivity contribution in [2.75, 3.05) is 14.1 Å². The number of hydrogen-bond donors (Lipinski definition) is 0. The van der Waals surface area contributed by atoms with E-state index in [1.54, 1.807) is 6.07 Å². The van der Waals surface area contributed by atoms with E-state index in [1.165, 1.54) is 12.1 Å². The van der Waals surface area contributed by atoms with Crippen molar-refractivity contribution in [2.24, 2.45) is 0 Å². The Kier molecular flexibility index (Phi) is 5.62. The fraction of sp³-hybridized carbons (Fsp3) is 0.300. The lowest BCUT2D eigenvalue weighted by Gasteiger charge is -2.19. The monoisotopic (exact) mass is 327 g/mol. The van der Waals surface area contributed by atoms with Crippen LogP contribution in [0.3, 0.4) is 0 Å². The number of benzene rings is 2. The standard InChI is InChI=1S/C20H22FNO2/c1-13-14(2)19(10-22(3)4)18(12-24)9-17(13)7-15-5-6-16(11-23)20(21)8-15/h5-6,8-9,11-12H,7,10H2,1-4H3. The third-order valence-corrected chi connectivity index (χ3v) is 4.36. The van der Waals surface area contributed by atoms with Crippen LogP contribution >= 0.6 is 0 Å². The summed E-state index contributed by atoms with van der Waals surface area (Å²) in [4.78, 5) is 24.2. The number of halogens is 1. The molecule has 0 saturated heterocycles. The summed E-state index contributed by atoms with van der Waals surface area (Å²) in [6.07, 6.45) is 1.91. The summed E-state index contributed by atoms with van der Waals surface area (Å²) in [6, 6.07) is 6.50. The molecule has 0 aliphatic rings. The molecule has 0 heterocycles.